The van der Waals surface area contributed by atoms with E-state index in [1.807, 2.05) is 21.1 Å². The molecule has 1 N–H and O–H groups in total. The number of hydrogen-bond acceptors (Lipinski definition) is 7. The maximum Gasteiger partial charge on any atom is 0.407 e. The summed E-state index contributed by atoms with van der Waals surface area (Å²) in [5, 5.41) is 2.84. The van der Waals surface area contributed by atoms with E-state index in [0.717, 1.165) is 31.4 Å². The lowest BCUT2D eigenvalue weighted by atomic mass is 10.0. The molecule has 0 aliphatic carbocycles. The van der Waals surface area contributed by atoms with Crippen molar-refractivity contribution < 1.29 is 32.5 Å². The monoisotopic (exact) mass is 765 g/mol. The summed E-state index contributed by atoms with van der Waals surface area (Å²) in [6.07, 6.45) is 34.8. The van der Waals surface area contributed by atoms with Crippen molar-refractivity contribution in [1.29, 1.82) is 0 Å². The number of ether oxygens (including phenoxy) is 1. The Balaban J connectivity index is 4.31. The lowest BCUT2D eigenvalue weighted by molar-refractivity contribution is -0.870. The fourth-order valence-corrected chi connectivity index (χ4v) is 8.39. The highest BCUT2D eigenvalue weighted by Crippen LogP contribution is 2.43. The van der Waals surface area contributed by atoms with Crippen LogP contribution < -0.4 is 10.2 Å². The first kappa shape index (κ1) is 50.7. The molecule has 306 valence electrons. The fraction of sp³-hybridized carbons (Fsp3) is 0.976. The lowest BCUT2D eigenvalue weighted by Gasteiger charge is -2.32. The molecule has 0 radical (unpaired) electrons. The number of alkyl carbamates (subject to hydrolysis) is 1. The molecule has 0 aliphatic heterocycles. The van der Waals surface area contributed by atoms with Crippen LogP contribution in [0.15, 0.2) is 0 Å². The molecule has 51 heavy (non-hydrogen) atoms. The Morgan fingerprint density at radius 2 is 1.02 bits per heavy atom. The first-order valence-electron chi connectivity index (χ1n) is 21.5. The van der Waals surface area contributed by atoms with E-state index in [4.69, 9.17) is 13.8 Å². The first-order valence-corrected chi connectivity index (χ1v) is 24.0. The Labute approximate surface area is 321 Å². The summed E-state index contributed by atoms with van der Waals surface area (Å²) in [6, 6.07) is 0. The first-order chi connectivity index (χ1) is 24.5. The van der Waals surface area contributed by atoms with Gasteiger partial charge in [0.1, 0.15) is 24.7 Å². The number of hydrogen-bond donors (Lipinski definition) is 1. The summed E-state index contributed by atoms with van der Waals surface area (Å²) in [5.41, 5.74) is -0.855. The van der Waals surface area contributed by atoms with Gasteiger partial charge in [-0.1, -0.05) is 181 Å². The summed E-state index contributed by atoms with van der Waals surface area (Å²) in [6.45, 7) is 7.35. The molecule has 0 bridgehead atoms. The second kappa shape index (κ2) is 35.4. The van der Waals surface area contributed by atoms with Crippen molar-refractivity contribution in [1.82, 2.24) is 5.32 Å². The normalized spacial score (nSPS) is 14.3. The minimum absolute atomic E-state index is 0.0372. The molecule has 0 aromatic rings. The molecule has 0 heterocycles. The highest BCUT2D eigenvalue weighted by Gasteiger charge is 2.27. The molecule has 1 amide bonds. The molecule has 0 saturated heterocycles. The van der Waals surface area contributed by atoms with Crippen LogP contribution in [0.4, 0.5) is 4.79 Å². The van der Waals surface area contributed by atoms with E-state index in [0.29, 0.717) is 17.6 Å². The van der Waals surface area contributed by atoms with E-state index in [1.54, 1.807) is 6.92 Å². The zero-order valence-electron chi connectivity index (χ0n) is 34.5. The molecule has 0 rings (SSSR count). The van der Waals surface area contributed by atoms with Gasteiger partial charge in [-0.2, -0.15) is 0 Å². The van der Waals surface area contributed by atoms with Crippen LogP contribution in [0, 0.1) is 0 Å². The smallest absolute Gasteiger partial charge is 0.407 e. The lowest BCUT2D eigenvalue weighted by Crippen LogP contribution is -2.38. The van der Waals surface area contributed by atoms with Crippen LogP contribution in [0.1, 0.15) is 201 Å². The largest absolute Gasteiger partial charge is 0.756 e. The van der Waals surface area contributed by atoms with Gasteiger partial charge in [-0.05, 0) is 25.5 Å². The SMILES string of the molecule is CCCCCCCCCCCCCCCCNC(=O)OC(C)C(OP(=O)([O-])OCC[N+](C)(C)C)SCCCCCCCCCCCCCCCC. The van der Waals surface area contributed by atoms with E-state index in [2.05, 4.69) is 19.2 Å². The highest BCUT2D eigenvalue weighted by molar-refractivity contribution is 7.99. The Hall–Kier alpha value is -0.310. The Morgan fingerprint density at radius 1 is 0.647 bits per heavy atom. The molecule has 0 fully saturated rings. The zero-order valence-corrected chi connectivity index (χ0v) is 36.2. The van der Waals surface area contributed by atoms with Crippen LogP contribution in [0.3, 0.4) is 0 Å². The summed E-state index contributed by atoms with van der Waals surface area (Å²) in [4.78, 5) is 25.3. The van der Waals surface area contributed by atoms with Crippen LogP contribution in [0.5, 0.6) is 0 Å². The number of rotatable bonds is 39. The van der Waals surface area contributed by atoms with E-state index in [-0.39, 0.29) is 6.61 Å². The number of carbonyl (C=O) groups excluding carboxylic acids is 1. The van der Waals surface area contributed by atoms with Crippen molar-refractivity contribution in [3.05, 3.63) is 0 Å². The summed E-state index contributed by atoms with van der Waals surface area (Å²) < 4.78 is 29.6. The van der Waals surface area contributed by atoms with Gasteiger partial charge in [0.05, 0.1) is 21.1 Å². The van der Waals surface area contributed by atoms with Gasteiger partial charge in [0.25, 0.3) is 7.82 Å². The second-order valence-corrected chi connectivity index (χ2v) is 18.4. The number of phosphoric ester groups is 1. The van der Waals surface area contributed by atoms with Crippen molar-refractivity contribution in [3.8, 4) is 0 Å². The third-order valence-corrected chi connectivity index (χ3v) is 12.0. The summed E-state index contributed by atoms with van der Waals surface area (Å²) in [5.74, 6) is 0.732. The van der Waals surface area contributed by atoms with Gasteiger partial charge in [0.15, 0.2) is 0 Å². The predicted molar refractivity (Wildman–Crippen MR) is 218 cm³/mol. The third kappa shape index (κ3) is 37.8. The molecular formula is C41H85N2O6PS. The molecule has 0 aromatic heterocycles. The molecule has 8 nitrogen and oxygen atoms in total. The number of amides is 1. The molecule has 0 saturated carbocycles. The minimum atomic E-state index is -4.57. The van der Waals surface area contributed by atoms with E-state index in [9.17, 15) is 14.3 Å². The van der Waals surface area contributed by atoms with Gasteiger partial charge in [-0.3, -0.25) is 4.57 Å². The van der Waals surface area contributed by atoms with Crippen LogP contribution in [0.25, 0.3) is 0 Å². The molecule has 0 aromatic carbocycles. The molecular weight excluding hydrogens is 679 g/mol. The number of nitrogens with one attached hydrogen (secondary N) is 1. The van der Waals surface area contributed by atoms with Crippen LogP contribution in [0.2, 0.25) is 0 Å². The van der Waals surface area contributed by atoms with Crippen molar-refractivity contribution in [2.45, 2.75) is 212 Å². The van der Waals surface area contributed by atoms with Crippen LogP contribution >= 0.6 is 19.6 Å². The minimum Gasteiger partial charge on any atom is -0.756 e. The highest BCUT2D eigenvalue weighted by atomic mass is 32.2. The van der Waals surface area contributed by atoms with Crippen LogP contribution in [-0.4, -0.2) is 68.7 Å². The van der Waals surface area contributed by atoms with E-state index in [1.165, 1.54) is 166 Å². The van der Waals surface area contributed by atoms with Gasteiger partial charge in [0.2, 0.25) is 0 Å². The number of thioether (sulfide) groups is 1. The Bertz CT molecular complexity index is 816. The number of likely N-dealkylation sites (N-methyl/N-ethyl adjacent to an activating group) is 1. The van der Waals surface area contributed by atoms with Crippen LogP contribution in [-0.2, 0) is 18.3 Å². The van der Waals surface area contributed by atoms with E-state index < -0.39 is 25.5 Å². The Morgan fingerprint density at radius 3 is 1.41 bits per heavy atom. The van der Waals surface area contributed by atoms with Gasteiger partial charge in [-0.25, -0.2) is 4.79 Å². The molecule has 0 spiro atoms. The van der Waals surface area contributed by atoms with Gasteiger partial charge < -0.3 is 28.5 Å². The second-order valence-electron chi connectivity index (χ2n) is 15.9. The number of nitrogens with zero attached hydrogens (tertiary/aromatic N) is 1. The van der Waals surface area contributed by atoms with E-state index >= 15 is 0 Å². The van der Waals surface area contributed by atoms with Crippen molar-refractivity contribution >= 4 is 25.7 Å². The number of quaternary nitrogens is 1. The third-order valence-electron chi connectivity index (χ3n) is 9.50. The number of unbranched alkanes of at least 4 members (excludes halogenated alkanes) is 26. The fourth-order valence-electron chi connectivity index (χ4n) is 6.11. The van der Waals surface area contributed by atoms with Crippen molar-refractivity contribution in [2.24, 2.45) is 0 Å². The number of carbonyl (C=O) groups is 1. The molecule has 3 atom stereocenters. The maximum atomic E-state index is 12.7. The summed E-state index contributed by atoms with van der Waals surface area (Å²) in [7, 11) is 1.36. The average molecular weight is 765 g/mol. The van der Waals surface area contributed by atoms with Gasteiger partial charge >= 0.3 is 6.09 Å². The zero-order chi connectivity index (χ0) is 37.9. The predicted octanol–water partition coefficient (Wildman–Crippen LogP) is 12.3. The maximum absolute atomic E-state index is 12.7. The molecule has 10 heteroatoms. The standard InChI is InChI=1S/C41H85N2O6PS/c1-7-9-11-13-15-17-19-21-23-25-27-29-31-33-35-42-41(44)48-39(3)40(49-50(45,46)47-37-36-43(4,5)6)51-38-34-32-30-28-26-24-22-20-18-16-14-12-10-8-2/h39-40H,7-38H2,1-6H3,(H-,42,44,45,46). The molecule has 3 unspecified atom stereocenters. The number of phosphoric acid groups is 1. The molecule has 0 aliphatic rings. The summed E-state index contributed by atoms with van der Waals surface area (Å²) >= 11 is 1.39. The van der Waals surface area contributed by atoms with Crippen molar-refractivity contribution in [3.63, 3.8) is 0 Å². The van der Waals surface area contributed by atoms with Crippen molar-refractivity contribution in [2.75, 3.05) is 46.6 Å². The quantitative estimate of drug-likeness (QED) is 0.0288. The Kier molecular flexibility index (Phi) is 35.2. The van der Waals surface area contributed by atoms with Gasteiger partial charge in [0, 0.05) is 6.54 Å². The average Bonchev–Trinajstić information content (AvgIpc) is 3.06. The topological polar surface area (TPSA) is 96.9 Å². The van der Waals surface area contributed by atoms with Gasteiger partial charge in [-0.15, -0.1) is 11.8 Å².